The van der Waals surface area contributed by atoms with E-state index in [1.165, 1.54) is 77.7 Å². The van der Waals surface area contributed by atoms with Crippen molar-refractivity contribution in [2.75, 3.05) is 39.3 Å². The van der Waals surface area contributed by atoms with E-state index in [0.717, 1.165) is 18.4 Å². The Kier molecular flexibility index (Phi) is 4.68. The molecule has 1 atom stereocenters. The Hall–Kier alpha value is -0.120. The number of piperidine rings is 1. The molecule has 3 rings (SSSR count). The number of rotatable bonds is 6. The predicted molar refractivity (Wildman–Crippen MR) is 84.8 cm³/mol. The summed E-state index contributed by atoms with van der Waals surface area (Å²) in [6, 6.07) is 0. The van der Waals surface area contributed by atoms with Crippen molar-refractivity contribution >= 4 is 0 Å². The average Bonchev–Trinajstić information content (AvgIpc) is 3.21. The predicted octanol–water partition coefficient (Wildman–Crippen LogP) is 2.31. The van der Waals surface area contributed by atoms with Crippen LogP contribution < -0.4 is 5.73 Å². The standard InChI is InChI=1S/C17H33N3/c1-2-17(14-18,16-5-6-16)20-11-7-15(8-12-20)13-19-9-3-4-10-19/h15-16H,2-14,18H2,1H3. The molecule has 1 saturated carbocycles. The smallest absolute Gasteiger partial charge is 0.0357 e. The summed E-state index contributed by atoms with van der Waals surface area (Å²) in [7, 11) is 0. The monoisotopic (exact) mass is 279 g/mol. The highest BCUT2D eigenvalue weighted by molar-refractivity contribution is 5.03. The molecule has 0 radical (unpaired) electrons. The van der Waals surface area contributed by atoms with E-state index in [1.807, 2.05) is 0 Å². The second-order valence-electron chi connectivity index (χ2n) is 7.37. The summed E-state index contributed by atoms with van der Waals surface area (Å²) in [6.45, 7) is 9.86. The molecule has 0 amide bonds. The van der Waals surface area contributed by atoms with Crippen LogP contribution in [0.3, 0.4) is 0 Å². The van der Waals surface area contributed by atoms with Crippen molar-refractivity contribution in [3.05, 3.63) is 0 Å². The van der Waals surface area contributed by atoms with E-state index < -0.39 is 0 Å². The maximum Gasteiger partial charge on any atom is 0.0357 e. The molecule has 0 aromatic rings. The summed E-state index contributed by atoms with van der Waals surface area (Å²) in [6.07, 6.45) is 9.71. The zero-order chi connectivity index (χ0) is 14.0. The van der Waals surface area contributed by atoms with Gasteiger partial charge in [0.25, 0.3) is 0 Å². The van der Waals surface area contributed by atoms with E-state index in [4.69, 9.17) is 5.73 Å². The quantitative estimate of drug-likeness (QED) is 0.810. The van der Waals surface area contributed by atoms with Crippen molar-refractivity contribution in [2.45, 2.75) is 57.4 Å². The Morgan fingerprint density at radius 3 is 2.15 bits per heavy atom. The topological polar surface area (TPSA) is 32.5 Å². The Bertz CT molecular complexity index is 295. The first kappa shape index (κ1) is 14.8. The highest BCUT2D eigenvalue weighted by Gasteiger charge is 2.47. The zero-order valence-electron chi connectivity index (χ0n) is 13.3. The number of nitrogens with zero attached hydrogens (tertiary/aromatic N) is 2. The lowest BCUT2D eigenvalue weighted by atomic mass is 9.84. The summed E-state index contributed by atoms with van der Waals surface area (Å²) in [5.74, 6) is 1.84. The molecule has 2 heterocycles. The van der Waals surface area contributed by atoms with Crippen LogP contribution in [0.2, 0.25) is 0 Å². The fourth-order valence-corrected chi connectivity index (χ4v) is 4.72. The average molecular weight is 279 g/mol. The Morgan fingerprint density at radius 1 is 1.00 bits per heavy atom. The largest absolute Gasteiger partial charge is 0.329 e. The van der Waals surface area contributed by atoms with Gasteiger partial charge in [-0.05, 0) is 83.0 Å². The van der Waals surface area contributed by atoms with Crippen molar-refractivity contribution in [3.63, 3.8) is 0 Å². The fraction of sp³-hybridized carbons (Fsp3) is 1.00. The van der Waals surface area contributed by atoms with Gasteiger partial charge in [0.05, 0.1) is 0 Å². The van der Waals surface area contributed by atoms with Crippen LogP contribution in [0.25, 0.3) is 0 Å². The van der Waals surface area contributed by atoms with Crippen LogP contribution in [-0.2, 0) is 0 Å². The third-order valence-electron chi connectivity index (χ3n) is 6.26. The molecule has 116 valence electrons. The van der Waals surface area contributed by atoms with Crippen molar-refractivity contribution in [1.82, 2.24) is 9.80 Å². The van der Waals surface area contributed by atoms with E-state index in [2.05, 4.69) is 16.7 Å². The van der Waals surface area contributed by atoms with Gasteiger partial charge in [-0.3, -0.25) is 4.90 Å². The third kappa shape index (κ3) is 2.90. The second-order valence-corrected chi connectivity index (χ2v) is 7.37. The maximum atomic E-state index is 6.21. The van der Waals surface area contributed by atoms with Gasteiger partial charge >= 0.3 is 0 Å². The molecule has 0 bridgehead atoms. The summed E-state index contributed by atoms with van der Waals surface area (Å²) in [4.78, 5) is 5.46. The van der Waals surface area contributed by atoms with Crippen LogP contribution in [0.1, 0.15) is 51.9 Å². The van der Waals surface area contributed by atoms with Gasteiger partial charge in [-0.25, -0.2) is 0 Å². The Morgan fingerprint density at radius 2 is 1.65 bits per heavy atom. The van der Waals surface area contributed by atoms with E-state index in [0.29, 0.717) is 5.54 Å². The van der Waals surface area contributed by atoms with Crippen molar-refractivity contribution < 1.29 is 0 Å². The fourth-order valence-electron chi connectivity index (χ4n) is 4.72. The first-order valence-electron chi connectivity index (χ1n) is 8.96. The van der Waals surface area contributed by atoms with Crippen LogP contribution in [0.5, 0.6) is 0 Å². The molecular weight excluding hydrogens is 246 g/mol. The second kappa shape index (κ2) is 6.33. The molecule has 20 heavy (non-hydrogen) atoms. The van der Waals surface area contributed by atoms with Gasteiger partial charge in [0.15, 0.2) is 0 Å². The molecule has 2 saturated heterocycles. The van der Waals surface area contributed by atoms with Crippen LogP contribution >= 0.6 is 0 Å². The summed E-state index contributed by atoms with van der Waals surface area (Å²) in [5.41, 5.74) is 6.55. The van der Waals surface area contributed by atoms with Crippen LogP contribution in [0, 0.1) is 11.8 Å². The van der Waals surface area contributed by atoms with Gasteiger partial charge in [0.2, 0.25) is 0 Å². The third-order valence-corrected chi connectivity index (χ3v) is 6.26. The normalized spacial score (nSPS) is 29.7. The minimum absolute atomic E-state index is 0.346. The van der Waals surface area contributed by atoms with E-state index in [1.54, 1.807) is 0 Å². The van der Waals surface area contributed by atoms with Gasteiger partial charge in [0, 0.05) is 18.6 Å². The zero-order valence-corrected chi connectivity index (χ0v) is 13.3. The lowest BCUT2D eigenvalue weighted by Crippen LogP contribution is -2.58. The molecule has 1 aliphatic carbocycles. The number of hydrogen-bond donors (Lipinski definition) is 1. The molecule has 3 fully saturated rings. The highest BCUT2D eigenvalue weighted by Crippen LogP contribution is 2.45. The number of hydrogen-bond acceptors (Lipinski definition) is 3. The summed E-state index contributed by atoms with van der Waals surface area (Å²) >= 11 is 0. The summed E-state index contributed by atoms with van der Waals surface area (Å²) < 4.78 is 0. The van der Waals surface area contributed by atoms with E-state index in [-0.39, 0.29) is 0 Å². The van der Waals surface area contributed by atoms with Gasteiger partial charge < -0.3 is 10.6 Å². The van der Waals surface area contributed by atoms with Gasteiger partial charge in [-0.1, -0.05) is 6.92 Å². The number of nitrogens with two attached hydrogens (primary N) is 1. The van der Waals surface area contributed by atoms with E-state index >= 15 is 0 Å². The van der Waals surface area contributed by atoms with Crippen molar-refractivity contribution in [2.24, 2.45) is 17.6 Å². The molecule has 0 spiro atoms. The van der Waals surface area contributed by atoms with Crippen LogP contribution in [0.15, 0.2) is 0 Å². The SMILES string of the molecule is CCC(CN)(C1CC1)N1CCC(CN2CCCC2)CC1. The lowest BCUT2D eigenvalue weighted by molar-refractivity contribution is 0.0295. The molecule has 1 unspecified atom stereocenters. The first-order chi connectivity index (χ1) is 9.78. The maximum absolute atomic E-state index is 6.21. The minimum atomic E-state index is 0.346. The Labute approximate surface area is 124 Å². The Balaban J connectivity index is 1.51. The molecule has 3 nitrogen and oxygen atoms in total. The first-order valence-corrected chi connectivity index (χ1v) is 8.96. The minimum Gasteiger partial charge on any atom is -0.329 e. The highest BCUT2D eigenvalue weighted by atomic mass is 15.2. The molecular formula is C17H33N3. The molecule has 2 aliphatic heterocycles. The van der Waals surface area contributed by atoms with Gasteiger partial charge in [0.1, 0.15) is 0 Å². The number of likely N-dealkylation sites (tertiary alicyclic amines) is 2. The summed E-state index contributed by atoms with van der Waals surface area (Å²) in [5, 5.41) is 0. The molecule has 3 heteroatoms. The van der Waals surface area contributed by atoms with Gasteiger partial charge in [-0.2, -0.15) is 0 Å². The lowest BCUT2D eigenvalue weighted by Gasteiger charge is -2.47. The van der Waals surface area contributed by atoms with Crippen LogP contribution in [-0.4, -0.2) is 54.6 Å². The van der Waals surface area contributed by atoms with Crippen molar-refractivity contribution in [3.8, 4) is 0 Å². The molecule has 2 N–H and O–H groups in total. The van der Waals surface area contributed by atoms with Crippen molar-refractivity contribution in [1.29, 1.82) is 0 Å². The van der Waals surface area contributed by atoms with E-state index in [9.17, 15) is 0 Å². The van der Waals surface area contributed by atoms with Crippen LogP contribution in [0.4, 0.5) is 0 Å². The van der Waals surface area contributed by atoms with Gasteiger partial charge in [-0.15, -0.1) is 0 Å². The molecule has 3 aliphatic rings. The molecule has 0 aromatic carbocycles. The molecule has 0 aromatic heterocycles.